The van der Waals surface area contributed by atoms with Crippen molar-refractivity contribution in [3.63, 3.8) is 0 Å². The Bertz CT molecular complexity index is 587. The van der Waals surface area contributed by atoms with Crippen molar-refractivity contribution in [2.24, 2.45) is 5.14 Å². The van der Waals surface area contributed by atoms with Crippen LogP contribution in [0.4, 0.5) is 0 Å². The van der Waals surface area contributed by atoms with Gasteiger partial charge in [0.1, 0.15) is 0 Å². The molecule has 112 valence electrons. The van der Waals surface area contributed by atoms with Gasteiger partial charge in [-0.2, -0.15) is 0 Å². The summed E-state index contributed by atoms with van der Waals surface area (Å²) in [5.41, 5.74) is 0.284. The van der Waals surface area contributed by atoms with Crippen LogP contribution in [0.5, 0.6) is 0 Å². The van der Waals surface area contributed by atoms with Gasteiger partial charge < -0.3 is 5.32 Å². The molecule has 0 fully saturated rings. The van der Waals surface area contributed by atoms with Gasteiger partial charge in [0, 0.05) is 16.1 Å². The van der Waals surface area contributed by atoms with Crippen molar-refractivity contribution in [2.75, 3.05) is 0 Å². The van der Waals surface area contributed by atoms with Crippen molar-refractivity contribution in [1.29, 1.82) is 0 Å². The SMILES string of the molecule is CCCC(CC)NC(=O)c1ccc(Br)c(S(N)(=O)=O)c1. The third-order valence-corrected chi connectivity index (χ3v) is 4.87. The van der Waals surface area contributed by atoms with Crippen LogP contribution in [0.2, 0.25) is 0 Å². The van der Waals surface area contributed by atoms with Gasteiger partial charge in [-0.1, -0.05) is 20.3 Å². The summed E-state index contributed by atoms with van der Waals surface area (Å²) in [4.78, 5) is 12.0. The summed E-state index contributed by atoms with van der Waals surface area (Å²) in [6, 6.07) is 4.45. The van der Waals surface area contributed by atoms with Crippen LogP contribution >= 0.6 is 15.9 Å². The van der Waals surface area contributed by atoms with Crippen LogP contribution in [-0.2, 0) is 10.0 Å². The van der Waals surface area contributed by atoms with Gasteiger partial charge in [-0.15, -0.1) is 0 Å². The van der Waals surface area contributed by atoms with E-state index >= 15 is 0 Å². The second kappa shape index (κ2) is 7.19. The average molecular weight is 363 g/mol. The molecule has 0 heterocycles. The highest BCUT2D eigenvalue weighted by Gasteiger charge is 2.17. The lowest BCUT2D eigenvalue weighted by molar-refractivity contribution is 0.0933. The number of rotatable bonds is 6. The first-order chi connectivity index (χ1) is 9.29. The maximum absolute atomic E-state index is 12.1. The van der Waals surface area contributed by atoms with E-state index in [9.17, 15) is 13.2 Å². The molecule has 0 aliphatic heterocycles. The minimum atomic E-state index is -3.86. The fourth-order valence-electron chi connectivity index (χ4n) is 1.86. The first-order valence-corrected chi connectivity index (χ1v) is 8.76. The molecule has 7 heteroatoms. The molecule has 0 spiro atoms. The van der Waals surface area contributed by atoms with E-state index in [1.54, 1.807) is 6.07 Å². The molecule has 1 aromatic rings. The number of primary sulfonamides is 1. The number of amides is 1. The predicted octanol–water partition coefficient (Wildman–Crippen LogP) is 2.41. The standard InChI is InChI=1S/C13H19BrN2O3S/c1-3-5-10(4-2)16-13(17)9-6-7-11(14)12(8-9)20(15,18)19/h6-8,10H,3-5H2,1-2H3,(H,16,17)(H2,15,18,19). The fraction of sp³-hybridized carbons (Fsp3) is 0.462. The lowest BCUT2D eigenvalue weighted by atomic mass is 10.1. The fourth-order valence-corrected chi connectivity index (χ4v) is 3.41. The van der Waals surface area contributed by atoms with Gasteiger partial charge in [-0.3, -0.25) is 4.79 Å². The summed E-state index contributed by atoms with van der Waals surface area (Å²) in [7, 11) is -3.86. The predicted molar refractivity (Wildman–Crippen MR) is 82.0 cm³/mol. The number of carbonyl (C=O) groups excluding carboxylic acids is 1. The highest BCUT2D eigenvalue weighted by molar-refractivity contribution is 9.10. The largest absolute Gasteiger partial charge is 0.349 e. The molecule has 0 radical (unpaired) electrons. The van der Waals surface area contributed by atoms with E-state index in [1.165, 1.54) is 12.1 Å². The maximum Gasteiger partial charge on any atom is 0.251 e. The Morgan fingerprint density at radius 3 is 2.55 bits per heavy atom. The molecule has 0 aliphatic rings. The molecule has 20 heavy (non-hydrogen) atoms. The zero-order valence-corrected chi connectivity index (χ0v) is 13.9. The van der Waals surface area contributed by atoms with Crippen molar-refractivity contribution in [2.45, 2.75) is 44.0 Å². The van der Waals surface area contributed by atoms with Crippen LogP contribution in [0.25, 0.3) is 0 Å². The molecule has 3 N–H and O–H groups in total. The third-order valence-electron chi connectivity index (χ3n) is 2.97. The highest BCUT2D eigenvalue weighted by Crippen LogP contribution is 2.22. The number of hydrogen-bond donors (Lipinski definition) is 2. The summed E-state index contributed by atoms with van der Waals surface area (Å²) < 4.78 is 23.2. The number of sulfonamides is 1. The normalized spacial score (nSPS) is 13.0. The molecule has 5 nitrogen and oxygen atoms in total. The van der Waals surface area contributed by atoms with E-state index in [0.29, 0.717) is 4.47 Å². The molecular weight excluding hydrogens is 344 g/mol. The molecular formula is C13H19BrN2O3S. The number of nitrogens with one attached hydrogen (secondary N) is 1. The number of halogens is 1. The van der Waals surface area contributed by atoms with Crippen molar-refractivity contribution in [3.05, 3.63) is 28.2 Å². The molecule has 1 amide bonds. The number of benzene rings is 1. The van der Waals surface area contributed by atoms with E-state index < -0.39 is 10.0 Å². The first-order valence-electron chi connectivity index (χ1n) is 6.42. The van der Waals surface area contributed by atoms with Crippen LogP contribution in [-0.4, -0.2) is 20.4 Å². The van der Waals surface area contributed by atoms with Gasteiger partial charge in [-0.05, 0) is 47.0 Å². The number of carbonyl (C=O) groups is 1. The Morgan fingerprint density at radius 2 is 2.05 bits per heavy atom. The molecule has 1 atom stereocenters. The molecule has 0 bridgehead atoms. The Balaban J connectivity index is 3.00. The van der Waals surface area contributed by atoms with Gasteiger partial charge >= 0.3 is 0 Å². The minimum Gasteiger partial charge on any atom is -0.349 e. The van der Waals surface area contributed by atoms with Crippen LogP contribution in [0.3, 0.4) is 0 Å². The first kappa shape index (κ1) is 17.1. The average Bonchev–Trinajstić information content (AvgIpc) is 2.37. The van der Waals surface area contributed by atoms with Crippen LogP contribution in [0, 0.1) is 0 Å². The van der Waals surface area contributed by atoms with Crippen molar-refractivity contribution < 1.29 is 13.2 Å². The molecule has 1 rings (SSSR count). The Morgan fingerprint density at radius 1 is 1.40 bits per heavy atom. The summed E-state index contributed by atoms with van der Waals surface area (Å²) >= 11 is 3.11. The Labute approximate surface area is 128 Å². The molecule has 0 aliphatic carbocycles. The van der Waals surface area contributed by atoms with Gasteiger partial charge in [-0.25, -0.2) is 13.6 Å². The molecule has 0 saturated carbocycles. The lowest BCUT2D eigenvalue weighted by Crippen LogP contribution is -2.34. The summed E-state index contributed by atoms with van der Waals surface area (Å²) in [5, 5.41) is 8.00. The number of nitrogens with two attached hydrogens (primary N) is 1. The van der Waals surface area contributed by atoms with Crippen molar-refractivity contribution in [3.8, 4) is 0 Å². The van der Waals surface area contributed by atoms with E-state index in [2.05, 4.69) is 21.2 Å². The van der Waals surface area contributed by atoms with Gasteiger partial charge in [0.25, 0.3) is 5.91 Å². The van der Waals surface area contributed by atoms with Gasteiger partial charge in [0.05, 0.1) is 4.90 Å². The molecule has 0 saturated heterocycles. The highest BCUT2D eigenvalue weighted by atomic mass is 79.9. The van der Waals surface area contributed by atoms with E-state index in [-0.39, 0.29) is 22.4 Å². The second-order valence-electron chi connectivity index (χ2n) is 4.56. The quantitative estimate of drug-likeness (QED) is 0.813. The zero-order valence-electron chi connectivity index (χ0n) is 11.5. The Hall–Kier alpha value is -0.920. The van der Waals surface area contributed by atoms with Gasteiger partial charge in [0.2, 0.25) is 10.0 Å². The van der Waals surface area contributed by atoms with E-state index in [4.69, 9.17) is 5.14 Å². The van der Waals surface area contributed by atoms with E-state index in [1.807, 2.05) is 13.8 Å². The van der Waals surface area contributed by atoms with Crippen molar-refractivity contribution in [1.82, 2.24) is 5.32 Å². The maximum atomic E-state index is 12.1. The van der Waals surface area contributed by atoms with Crippen LogP contribution in [0.15, 0.2) is 27.6 Å². The summed E-state index contributed by atoms with van der Waals surface area (Å²) in [6.45, 7) is 4.05. The molecule has 1 aromatic carbocycles. The van der Waals surface area contributed by atoms with Crippen LogP contribution in [0.1, 0.15) is 43.5 Å². The third kappa shape index (κ3) is 4.57. The monoisotopic (exact) mass is 362 g/mol. The van der Waals surface area contributed by atoms with Crippen molar-refractivity contribution >= 4 is 31.9 Å². The van der Waals surface area contributed by atoms with Crippen LogP contribution < -0.4 is 10.5 Å². The summed E-state index contributed by atoms with van der Waals surface area (Å²) in [5.74, 6) is -0.289. The zero-order chi connectivity index (χ0) is 15.3. The Kier molecular flexibility index (Phi) is 6.16. The smallest absolute Gasteiger partial charge is 0.251 e. The molecule has 1 unspecified atom stereocenters. The topological polar surface area (TPSA) is 89.3 Å². The van der Waals surface area contributed by atoms with Gasteiger partial charge in [0.15, 0.2) is 0 Å². The second-order valence-corrected chi connectivity index (χ2v) is 6.94. The number of hydrogen-bond acceptors (Lipinski definition) is 3. The lowest BCUT2D eigenvalue weighted by Gasteiger charge is -2.16. The minimum absolute atomic E-state index is 0.0892. The van der Waals surface area contributed by atoms with E-state index in [0.717, 1.165) is 19.3 Å². The molecule has 0 aromatic heterocycles. The summed E-state index contributed by atoms with van der Waals surface area (Å²) in [6.07, 6.45) is 2.69.